The summed E-state index contributed by atoms with van der Waals surface area (Å²) in [6.45, 7) is 5.07. The molecule has 0 bridgehead atoms. The first-order valence-corrected chi connectivity index (χ1v) is 6.06. The molecule has 0 fully saturated rings. The van der Waals surface area contributed by atoms with E-state index in [0.29, 0.717) is 12.6 Å². The van der Waals surface area contributed by atoms with E-state index in [1.54, 1.807) is 13.4 Å². The first-order chi connectivity index (χ1) is 7.77. The molecular weight excluding hydrogens is 202 g/mol. The van der Waals surface area contributed by atoms with E-state index in [9.17, 15) is 0 Å². The van der Waals surface area contributed by atoms with Gasteiger partial charge in [0.15, 0.2) is 0 Å². The number of furan rings is 1. The molecule has 0 aliphatic rings. The Bertz CT molecular complexity index is 259. The van der Waals surface area contributed by atoms with Gasteiger partial charge in [0.25, 0.3) is 0 Å². The summed E-state index contributed by atoms with van der Waals surface area (Å²) in [5.41, 5.74) is 0. The Morgan fingerprint density at radius 2 is 2.31 bits per heavy atom. The van der Waals surface area contributed by atoms with Gasteiger partial charge in [-0.1, -0.05) is 19.8 Å². The van der Waals surface area contributed by atoms with Crippen molar-refractivity contribution in [3.8, 4) is 0 Å². The van der Waals surface area contributed by atoms with Gasteiger partial charge in [0.05, 0.1) is 18.9 Å². The zero-order valence-electron chi connectivity index (χ0n) is 10.5. The highest BCUT2D eigenvalue weighted by atomic mass is 16.5. The molecular formula is C13H23NO2. The van der Waals surface area contributed by atoms with Crippen molar-refractivity contribution in [1.29, 1.82) is 0 Å². The van der Waals surface area contributed by atoms with Crippen LogP contribution in [-0.2, 0) is 4.74 Å². The summed E-state index contributed by atoms with van der Waals surface area (Å²) in [5, 5.41) is 3.54. The second-order valence-electron chi connectivity index (χ2n) is 4.23. The molecule has 2 atom stereocenters. The Morgan fingerprint density at radius 3 is 2.88 bits per heavy atom. The lowest BCUT2D eigenvalue weighted by atomic mass is 10.1. The molecule has 0 saturated heterocycles. The highest BCUT2D eigenvalue weighted by Gasteiger charge is 2.16. The van der Waals surface area contributed by atoms with Gasteiger partial charge in [-0.25, -0.2) is 0 Å². The van der Waals surface area contributed by atoms with Crippen LogP contribution in [0.2, 0.25) is 0 Å². The van der Waals surface area contributed by atoms with Crippen molar-refractivity contribution in [2.24, 2.45) is 0 Å². The molecule has 16 heavy (non-hydrogen) atoms. The van der Waals surface area contributed by atoms with Crippen molar-refractivity contribution in [2.45, 2.75) is 45.2 Å². The highest BCUT2D eigenvalue weighted by Crippen LogP contribution is 2.15. The van der Waals surface area contributed by atoms with E-state index < -0.39 is 0 Å². The first-order valence-electron chi connectivity index (χ1n) is 6.06. The molecule has 1 rings (SSSR count). The molecule has 92 valence electrons. The third kappa shape index (κ3) is 4.37. The quantitative estimate of drug-likeness (QED) is 0.738. The molecule has 1 aromatic rings. The van der Waals surface area contributed by atoms with E-state index in [1.165, 1.54) is 19.3 Å². The van der Waals surface area contributed by atoms with E-state index in [0.717, 1.165) is 5.76 Å². The molecule has 1 heterocycles. The second-order valence-corrected chi connectivity index (χ2v) is 4.23. The predicted octanol–water partition coefficient (Wildman–Crippen LogP) is 3.14. The molecule has 2 unspecified atom stereocenters. The number of hydrogen-bond donors (Lipinski definition) is 1. The minimum absolute atomic E-state index is 0.159. The van der Waals surface area contributed by atoms with Crippen molar-refractivity contribution in [3.63, 3.8) is 0 Å². The zero-order valence-corrected chi connectivity index (χ0v) is 10.5. The van der Waals surface area contributed by atoms with Crippen molar-refractivity contribution in [2.75, 3.05) is 13.7 Å². The van der Waals surface area contributed by atoms with Gasteiger partial charge in [0.2, 0.25) is 0 Å². The minimum Gasteiger partial charge on any atom is -0.468 e. The molecule has 3 nitrogen and oxygen atoms in total. The summed E-state index contributed by atoms with van der Waals surface area (Å²) in [4.78, 5) is 0. The van der Waals surface area contributed by atoms with Gasteiger partial charge in [0.1, 0.15) is 5.76 Å². The second kappa shape index (κ2) is 7.47. The van der Waals surface area contributed by atoms with E-state index in [4.69, 9.17) is 9.15 Å². The Balaban J connectivity index is 2.45. The minimum atomic E-state index is 0.159. The average molecular weight is 225 g/mol. The van der Waals surface area contributed by atoms with E-state index in [1.807, 2.05) is 12.1 Å². The van der Waals surface area contributed by atoms with Crippen LogP contribution in [0, 0.1) is 0 Å². The molecule has 0 aliphatic carbocycles. The van der Waals surface area contributed by atoms with Crippen LogP contribution in [0.25, 0.3) is 0 Å². The van der Waals surface area contributed by atoms with E-state index >= 15 is 0 Å². The van der Waals surface area contributed by atoms with Gasteiger partial charge in [-0.15, -0.1) is 0 Å². The van der Waals surface area contributed by atoms with Crippen molar-refractivity contribution < 1.29 is 9.15 Å². The molecule has 0 spiro atoms. The van der Waals surface area contributed by atoms with Crippen LogP contribution in [0.15, 0.2) is 22.8 Å². The third-order valence-electron chi connectivity index (χ3n) is 2.70. The summed E-state index contributed by atoms with van der Waals surface area (Å²) >= 11 is 0. The van der Waals surface area contributed by atoms with Gasteiger partial charge in [-0.3, -0.25) is 0 Å². The lowest BCUT2D eigenvalue weighted by Gasteiger charge is -2.21. The molecule has 0 aromatic carbocycles. The Labute approximate surface area is 98.2 Å². The van der Waals surface area contributed by atoms with E-state index in [2.05, 4.69) is 19.2 Å². The largest absolute Gasteiger partial charge is 0.468 e. The fraction of sp³-hybridized carbons (Fsp3) is 0.692. The molecule has 1 aromatic heterocycles. The van der Waals surface area contributed by atoms with Gasteiger partial charge in [-0.2, -0.15) is 0 Å². The normalized spacial score (nSPS) is 14.9. The third-order valence-corrected chi connectivity index (χ3v) is 2.70. The molecule has 0 saturated carbocycles. The number of nitrogens with one attached hydrogen (secondary N) is 1. The number of unbranched alkanes of at least 4 members (excludes halogenated alkanes) is 1. The summed E-state index contributed by atoms with van der Waals surface area (Å²) in [7, 11) is 1.72. The molecule has 1 N–H and O–H groups in total. The fourth-order valence-electron chi connectivity index (χ4n) is 1.81. The number of methoxy groups -OCH3 is 1. The van der Waals surface area contributed by atoms with Gasteiger partial charge >= 0.3 is 0 Å². The maximum Gasteiger partial charge on any atom is 0.123 e. The smallest absolute Gasteiger partial charge is 0.123 e. The van der Waals surface area contributed by atoms with Crippen LogP contribution >= 0.6 is 0 Å². The average Bonchev–Trinajstić information content (AvgIpc) is 2.79. The summed E-state index contributed by atoms with van der Waals surface area (Å²) in [5.74, 6) is 0.949. The number of ether oxygens (including phenoxy) is 1. The monoisotopic (exact) mass is 225 g/mol. The first kappa shape index (κ1) is 13.3. The van der Waals surface area contributed by atoms with Gasteiger partial charge in [0, 0.05) is 13.2 Å². The standard InChI is InChI=1S/C13H23NO2/c1-4-5-7-11(2)14-12(10-15-3)13-8-6-9-16-13/h6,8-9,11-12,14H,4-5,7,10H2,1-3H3. The Hall–Kier alpha value is -0.800. The highest BCUT2D eigenvalue weighted by molar-refractivity contribution is 5.04. The summed E-state index contributed by atoms with van der Waals surface area (Å²) < 4.78 is 10.6. The fourth-order valence-corrected chi connectivity index (χ4v) is 1.81. The molecule has 0 aliphatic heterocycles. The topological polar surface area (TPSA) is 34.4 Å². The molecule has 3 heteroatoms. The molecule has 0 amide bonds. The van der Waals surface area contributed by atoms with Crippen molar-refractivity contribution in [1.82, 2.24) is 5.32 Å². The van der Waals surface area contributed by atoms with Gasteiger partial charge < -0.3 is 14.5 Å². The lowest BCUT2D eigenvalue weighted by molar-refractivity contribution is 0.151. The van der Waals surface area contributed by atoms with Crippen LogP contribution in [0.1, 0.15) is 44.9 Å². The number of rotatable bonds is 8. The van der Waals surface area contributed by atoms with Gasteiger partial charge in [-0.05, 0) is 25.5 Å². The van der Waals surface area contributed by atoms with Crippen LogP contribution in [0.3, 0.4) is 0 Å². The maximum absolute atomic E-state index is 5.41. The van der Waals surface area contributed by atoms with Crippen molar-refractivity contribution in [3.05, 3.63) is 24.2 Å². The zero-order chi connectivity index (χ0) is 11.8. The van der Waals surface area contributed by atoms with Crippen LogP contribution < -0.4 is 5.32 Å². The van der Waals surface area contributed by atoms with E-state index in [-0.39, 0.29) is 6.04 Å². The van der Waals surface area contributed by atoms with Crippen LogP contribution in [-0.4, -0.2) is 19.8 Å². The SMILES string of the molecule is CCCCC(C)NC(COC)c1ccco1. The summed E-state index contributed by atoms with van der Waals surface area (Å²) in [6, 6.07) is 4.55. The number of hydrogen-bond acceptors (Lipinski definition) is 3. The lowest BCUT2D eigenvalue weighted by Crippen LogP contribution is -2.32. The predicted molar refractivity (Wildman–Crippen MR) is 65.4 cm³/mol. The van der Waals surface area contributed by atoms with Crippen LogP contribution in [0.5, 0.6) is 0 Å². The van der Waals surface area contributed by atoms with Crippen LogP contribution in [0.4, 0.5) is 0 Å². The maximum atomic E-state index is 5.41. The van der Waals surface area contributed by atoms with Crippen molar-refractivity contribution >= 4 is 0 Å². The Kier molecular flexibility index (Phi) is 6.19. The summed E-state index contributed by atoms with van der Waals surface area (Å²) in [6.07, 6.45) is 5.39. The molecule has 0 radical (unpaired) electrons. The Morgan fingerprint density at radius 1 is 1.50 bits per heavy atom.